The topological polar surface area (TPSA) is 96.0 Å². The molecule has 1 N–H and O–H groups in total. The van der Waals surface area contributed by atoms with Crippen LogP contribution in [0.3, 0.4) is 0 Å². The summed E-state index contributed by atoms with van der Waals surface area (Å²) in [5.41, 5.74) is 1.46. The number of hydrogen-bond donors (Lipinski definition) is 1. The number of nitrogens with zero attached hydrogens (tertiary/aromatic N) is 2. The predicted molar refractivity (Wildman–Crippen MR) is 149 cm³/mol. The third-order valence-electron chi connectivity index (χ3n) is 5.88. The Bertz CT molecular complexity index is 1140. The maximum absolute atomic E-state index is 13.4. The minimum Gasteiger partial charge on any atom is -0.495 e. The van der Waals surface area contributed by atoms with Crippen LogP contribution < -0.4 is 14.4 Å². The molecule has 0 aliphatic heterocycles. The van der Waals surface area contributed by atoms with Gasteiger partial charge in [0.05, 0.1) is 24.1 Å². The zero-order valence-corrected chi connectivity index (χ0v) is 23.8. The zero-order valence-electron chi connectivity index (χ0n) is 22.2. The summed E-state index contributed by atoms with van der Waals surface area (Å²) < 4.78 is 31.4. The Labute approximate surface area is 226 Å². The number of benzene rings is 2. The summed E-state index contributed by atoms with van der Waals surface area (Å²) in [4.78, 5) is 27.9. The number of nitrogens with one attached hydrogen (secondary N) is 1. The summed E-state index contributed by atoms with van der Waals surface area (Å²) in [5, 5.41) is 3.21. The van der Waals surface area contributed by atoms with Gasteiger partial charge in [-0.2, -0.15) is 0 Å². The monoisotopic (exact) mass is 551 g/mol. The van der Waals surface area contributed by atoms with Gasteiger partial charge >= 0.3 is 0 Å². The number of carbonyl (C=O) groups excluding carboxylic acids is 2. The molecule has 0 spiro atoms. The largest absolute Gasteiger partial charge is 0.495 e. The van der Waals surface area contributed by atoms with Gasteiger partial charge in [0, 0.05) is 25.6 Å². The molecule has 204 valence electrons. The SMILES string of the molecule is CCC(C(=O)NC(C)C)N(CCc1ccccc1)C(=O)CCCN(c1ccc(OC)c(Cl)c1)S(C)(=O)=O. The van der Waals surface area contributed by atoms with E-state index in [4.69, 9.17) is 16.3 Å². The summed E-state index contributed by atoms with van der Waals surface area (Å²) in [7, 11) is -2.14. The van der Waals surface area contributed by atoms with Crippen LogP contribution in [-0.4, -0.2) is 63.7 Å². The smallest absolute Gasteiger partial charge is 0.242 e. The standard InChI is InChI=1S/C27H38ClN3O5S/c1-6-24(27(33)29-20(2)3)30(18-16-21-11-8-7-9-12-21)26(32)13-10-17-31(37(5,34)35)22-14-15-25(36-4)23(28)19-22/h7-9,11-12,14-15,19-20,24H,6,10,13,16-18H2,1-5H3,(H,29,33). The van der Waals surface area contributed by atoms with Crippen molar-refractivity contribution >= 4 is 39.1 Å². The lowest BCUT2D eigenvalue weighted by Crippen LogP contribution is -2.51. The Morgan fingerprint density at radius 2 is 1.76 bits per heavy atom. The summed E-state index contributed by atoms with van der Waals surface area (Å²) in [6.07, 6.45) is 2.56. The highest BCUT2D eigenvalue weighted by atomic mass is 35.5. The van der Waals surface area contributed by atoms with Crippen molar-refractivity contribution < 1.29 is 22.7 Å². The van der Waals surface area contributed by atoms with E-state index in [1.54, 1.807) is 17.0 Å². The molecule has 0 aliphatic carbocycles. The summed E-state index contributed by atoms with van der Waals surface area (Å²) in [5.74, 6) is 0.0563. The van der Waals surface area contributed by atoms with Gasteiger partial charge in [0.15, 0.2) is 0 Å². The molecule has 0 fully saturated rings. The first-order valence-electron chi connectivity index (χ1n) is 12.4. The Hall–Kier alpha value is -2.78. The molecule has 0 saturated carbocycles. The van der Waals surface area contributed by atoms with E-state index in [0.29, 0.717) is 35.8 Å². The zero-order chi connectivity index (χ0) is 27.6. The van der Waals surface area contributed by atoms with Gasteiger partial charge in [0.2, 0.25) is 21.8 Å². The molecule has 0 heterocycles. The second-order valence-electron chi connectivity index (χ2n) is 9.17. The van der Waals surface area contributed by atoms with Crippen LogP contribution in [-0.2, 0) is 26.0 Å². The molecular formula is C27H38ClN3O5S. The number of amides is 2. The summed E-state index contributed by atoms with van der Waals surface area (Å²) in [6, 6.07) is 13.9. The molecule has 0 bridgehead atoms. The minimum atomic E-state index is -3.62. The molecule has 0 aliphatic rings. The number of anilines is 1. The molecule has 0 saturated heterocycles. The van der Waals surface area contributed by atoms with E-state index in [1.165, 1.54) is 17.5 Å². The fourth-order valence-corrected chi connectivity index (χ4v) is 5.30. The van der Waals surface area contributed by atoms with Crippen molar-refractivity contribution in [3.05, 3.63) is 59.1 Å². The number of hydrogen-bond acceptors (Lipinski definition) is 5. The van der Waals surface area contributed by atoms with Crippen LogP contribution in [0.4, 0.5) is 5.69 Å². The Kier molecular flexibility index (Phi) is 11.7. The predicted octanol–water partition coefficient (Wildman–Crippen LogP) is 4.27. The fourth-order valence-electron chi connectivity index (χ4n) is 4.09. The van der Waals surface area contributed by atoms with Gasteiger partial charge in [0.25, 0.3) is 0 Å². The molecule has 0 aromatic heterocycles. The molecule has 2 aromatic carbocycles. The lowest BCUT2D eigenvalue weighted by Gasteiger charge is -2.31. The third-order valence-corrected chi connectivity index (χ3v) is 7.37. The van der Waals surface area contributed by atoms with Crippen molar-refractivity contribution in [2.75, 3.05) is 30.8 Å². The van der Waals surface area contributed by atoms with Crippen LogP contribution in [0.25, 0.3) is 0 Å². The van der Waals surface area contributed by atoms with Crippen LogP contribution in [0.15, 0.2) is 48.5 Å². The maximum atomic E-state index is 13.4. The molecule has 10 heteroatoms. The second kappa shape index (κ2) is 14.2. The Balaban J connectivity index is 2.18. The van der Waals surface area contributed by atoms with Gasteiger partial charge in [-0.1, -0.05) is 48.9 Å². The van der Waals surface area contributed by atoms with E-state index >= 15 is 0 Å². The van der Waals surface area contributed by atoms with Gasteiger partial charge in [-0.05, 0) is 56.9 Å². The molecule has 2 amide bonds. The van der Waals surface area contributed by atoms with E-state index < -0.39 is 16.1 Å². The van der Waals surface area contributed by atoms with Crippen LogP contribution >= 0.6 is 11.6 Å². The van der Waals surface area contributed by atoms with Crippen molar-refractivity contribution in [3.8, 4) is 5.75 Å². The molecule has 2 aromatic rings. The van der Waals surface area contributed by atoms with Crippen molar-refractivity contribution in [1.29, 1.82) is 0 Å². The number of ether oxygens (including phenoxy) is 1. The van der Waals surface area contributed by atoms with Crippen molar-refractivity contribution in [3.63, 3.8) is 0 Å². The number of methoxy groups -OCH3 is 1. The van der Waals surface area contributed by atoms with E-state index in [1.807, 2.05) is 51.1 Å². The molecule has 0 radical (unpaired) electrons. The first-order chi connectivity index (χ1) is 17.5. The summed E-state index contributed by atoms with van der Waals surface area (Å²) >= 11 is 6.21. The van der Waals surface area contributed by atoms with Crippen LogP contribution in [0.2, 0.25) is 5.02 Å². The highest BCUT2D eigenvalue weighted by molar-refractivity contribution is 7.92. The van der Waals surface area contributed by atoms with E-state index in [9.17, 15) is 18.0 Å². The third kappa shape index (κ3) is 9.23. The lowest BCUT2D eigenvalue weighted by atomic mass is 10.1. The van der Waals surface area contributed by atoms with Gasteiger partial charge in [-0.25, -0.2) is 8.42 Å². The minimum absolute atomic E-state index is 0.0488. The van der Waals surface area contributed by atoms with E-state index in [0.717, 1.165) is 11.8 Å². The molecule has 37 heavy (non-hydrogen) atoms. The molecule has 2 rings (SSSR count). The average Bonchev–Trinajstić information content (AvgIpc) is 2.83. The normalized spacial score (nSPS) is 12.2. The average molecular weight is 552 g/mol. The van der Waals surface area contributed by atoms with Gasteiger partial charge in [-0.15, -0.1) is 0 Å². The number of sulfonamides is 1. The Morgan fingerprint density at radius 3 is 2.30 bits per heavy atom. The van der Waals surface area contributed by atoms with Crippen LogP contribution in [0.5, 0.6) is 5.75 Å². The van der Waals surface area contributed by atoms with Crippen LogP contribution in [0, 0.1) is 0 Å². The second-order valence-corrected chi connectivity index (χ2v) is 11.5. The van der Waals surface area contributed by atoms with Crippen molar-refractivity contribution in [2.24, 2.45) is 0 Å². The Morgan fingerprint density at radius 1 is 1.08 bits per heavy atom. The maximum Gasteiger partial charge on any atom is 0.242 e. The highest BCUT2D eigenvalue weighted by Gasteiger charge is 2.29. The first-order valence-corrected chi connectivity index (χ1v) is 14.7. The van der Waals surface area contributed by atoms with Crippen molar-refractivity contribution in [1.82, 2.24) is 10.2 Å². The molecule has 1 unspecified atom stereocenters. The van der Waals surface area contributed by atoms with E-state index in [-0.39, 0.29) is 37.2 Å². The molecular weight excluding hydrogens is 514 g/mol. The lowest BCUT2D eigenvalue weighted by molar-refractivity contribution is -0.141. The molecule has 8 nitrogen and oxygen atoms in total. The van der Waals surface area contributed by atoms with Gasteiger partial charge in [0.1, 0.15) is 11.8 Å². The van der Waals surface area contributed by atoms with E-state index in [2.05, 4.69) is 5.32 Å². The van der Waals surface area contributed by atoms with Gasteiger partial charge in [-0.3, -0.25) is 13.9 Å². The quantitative estimate of drug-likeness (QED) is 0.378. The first kappa shape index (κ1) is 30.4. The highest BCUT2D eigenvalue weighted by Crippen LogP contribution is 2.30. The molecule has 1 atom stereocenters. The number of halogens is 1. The van der Waals surface area contributed by atoms with Crippen molar-refractivity contribution in [2.45, 2.75) is 58.5 Å². The summed E-state index contributed by atoms with van der Waals surface area (Å²) in [6.45, 7) is 6.12. The number of carbonyl (C=O) groups is 2. The fraction of sp³-hybridized carbons (Fsp3) is 0.481. The number of rotatable bonds is 14. The van der Waals surface area contributed by atoms with Gasteiger partial charge < -0.3 is 15.0 Å². The van der Waals surface area contributed by atoms with Crippen LogP contribution in [0.1, 0.15) is 45.6 Å².